The van der Waals surface area contributed by atoms with Crippen LogP contribution < -0.4 is 11.1 Å². The number of hydrogen-bond acceptors (Lipinski definition) is 2. The fraction of sp³-hybridized carbons (Fsp3) is 0.364. The van der Waals surface area contributed by atoms with E-state index in [0.29, 0.717) is 6.54 Å². The Morgan fingerprint density at radius 3 is 2.67 bits per heavy atom. The van der Waals surface area contributed by atoms with Crippen molar-refractivity contribution in [2.24, 2.45) is 5.73 Å². The Morgan fingerprint density at radius 2 is 2.07 bits per heavy atom. The molecule has 1 atom stereocenters. The lowest BCUT2D eigenvalue weighted by atomic mass is 10.0. The lowest BCUT2D eigenvalue weighted by molar-refractivity contribution is 0.194. The minimum absolute atomic E-state index is 0.0122. The van der Waals surface area contributed by atoms with Crippen LogP contribution in [-0.2, 0) is 0 Å². The Balaban J connectivity index is 2.25. The molecule has 0 spiro atoms. The summed E-state index contributed by atoms with van der Waals surface area (Å²) < 4.78 is 0. The topological polar surface area (TPSA) is 75.3 Å². The van der Waals surface area contributed by atoms with E-state index in [-0.39, 0.29) is 6.04 Å². The summed E-state index contributed by atoms with van der Waals surface area (Å²) in [6.45, 7) is 0.454. The summed E-state index contributed by atoms with van der Waals surface area (Å²) in [5.41, 5.74) is 7.03. The van der Waals surface area contributed by atoms with Gasteiger partial charge in [-0.05, 0) is 18.4 Å². The van der Waals surface area contributed by atoms with Gasteiger partial charge in [-0.25, -0.2) is 4.79 Å². The summed E-state index contributed by atoms with van der Waals surface area (Å²) in [4.78, 5) is 10.2. The van der Waals surface area contributed by atoms with Crippen LogP contribution in [-0.4, -0.2) is 17.7 Å². The molecule has 0 saturated carbocycles. The van der Waals surface area contributed by atoms with Gasteiger partial charge in [0, 0.05) is 12.6 Å². The summed E-state index contributed by atoms with van der Waals surface area (Å²) in [6, 6.07) is 9.80. The Hall–Kier alpha value is -1.55. The normalized spacial score (nSPS) is 12.1. The van der Waals surface area contributed by atoms with Crippen LogP contribution in [0.15, 0.2) is 30.3 Å². The van der Waals surface area contributed by atoms with E-state index in [1.54, 1.807) is 0 Å². The molecule has 1 amide bonds. The standard InChI is InChI=1S/C11H16N2O2/c12-10(7-4-8-13-11(14)15)9-5-2-1-3-6-9/h1-3,5-6,10,13H,4,7-8,12H2,(H,14,15). The number of nitrogens with two attached hydrogens (primary N) is 1. The Labute approximate surface area is 89.1 Å². The number of carboxylic acid groups (broad SMARTS) is 1. The van der Waals surface area contributed by atoms with Crippen molar-refractivity contribution < 1.29 is 9.90 Å². The zero-order valence-electron chi connectivity index (χ0n) is 8.52. The number of carbonyl (C=O) groups is 1. The lowest BCUT2D eigenvalue weighted by Crippen LogP contribution is -2.23. The summed E-state index contributed by atoms with van der Waals surface area (Å²) >= 11 is 0. The van der Waals surface area contributed by atoms with Crippen molar-refractivity contribution in [2.45, 2.75) is 18.9 Å². The first-order valence-electron chi connectivity index (χ1n) is 4.97. The van der Waals surface area contributed by atoms with Gasteiger partial charge in [-0.1, -0.05) is 30.3 Å². The maximum absolute atomic E-state index is 10.2. The van der Waals surface area contributed by atoms with Crippen molar-refractivity contribution in [1.82, 2.24) is 5.32 Å². The summed E-state index contributed by atoms with van der Waals surface area (Å²) in [5, 5.41) is 10.7. The second-order valence-corrected chi connectivity index (χ2v) is 3.39. The van der Waals surface area contributed by atoms with Crippen LogP contribution in [0.3, 0.4) is 0 Å². The van der Waals surface area contributed by atoms with Crippen molar-refractivity contribution in [1.29, 1.82) is 0 Å². The predicted molar refractivity (Wildman–Crippen MR) is 58.6 cm³/mol. The quantitative estimate of drug-likeness (QED) is 0.645. The van der Waals surface area contributed by atoms with E-state index in [4.69, 9.17) is 10.8 Å². The molecule has 4 nitrogen and oxygen atoms in total. The van der Waals surface area contributed by atoms with Crippen LogP contribution >= 0.6 is 0 Å². The van der Waals surface area contributed by atoms with E-state index in [2.05, 4.69) is 5.32 Å². The maximum atomic E-state index is 10.2. The van der Waals surface area contributed by atoms with Crippen LogP contribution in [0.4, 0.5) is 4.79 Å². The summed E-state index contributed by atoms with van der Waals surface area (Å²) in [6.07, 6.45) is 0.551. The van der Waals surface area contributed by atoms with Crippen molar-refractivity contribution in [2.75, 3.05) is 6.54 Å². The number of hydrogen-bond donors (Lipinski definition) is 3. The molecule has 0 heterocycles. The minimum atomic E-state index is -0.983. The monoisotopic (exact) mass is 208 g/mol. The Morgan fingerprint density at radius 1 is 1.40 bits per heavy atom. The molecule has 0 saturated heterocycles. The van der Waals surface area contributed by atoms with Gasteiger partial charge in [-0.2, -0.15) is 0 Å². The number of amides is 1. The van der Waals surface area contributed by atoms with Crippen molar-refractivity contribution >= 4 is 6.09 Å². The molecule has 0 fully saturated rings. The lowest BCUT2D eigenvalue weighted by Gasteiger charge is -2.11. The Kier molecular flexibility index (Phi) is 4.63. The third-order valence-electron chi connectivity index (χ3n) is 2.20. The van der Waals surface area contributed by atoms with Crippen LogP contribution in [0.25, 0.3) is 0 Å². The smallest absolute Gasteiger partial charge is 0.404 e. The molecule has 0 aliphatic heterocycles. The van der Waals surface area contributed by atoms with Crippen LogP contribution in [0, 0.1) is 0 Å². The molecule has 0 radical (unpaired) electrons. The molecule has 1 aromatic rings. The average Bonchev–Trinajstić information content (AvgIpc) is 2.25. The Bertz CT molecular complexity index is 301. The van der Waals surface area contributed by atoms with E-state index < -0.39 is 6.09 Å². The zero-order chi connectivity index (χ0) is 11.1. The second-order valence-electron chi connectivity index (χ2n) is 3.39. The summed E-state index contributed by atoms with van der Waals surface area (Å²) in [7, 11) is 0. The highest BCUT2D eigenvalue weighted by atomic mass is 16.4. The van der Waals surface area contributed by atoms with Gasteiger partial charge < -0.3 is 16.2 Å². The van der Waals surface area contributed by atoms with Crippen LogP contribution in [0.2, 0.25) is 0 Å². The summed E-state index contributed by atoms with van der Waals surface area (Å²) in [5.74, 6) is 0. The predicted octanol–water partition coefficient (Wildman–Crippen LogP) is 1.73. The molecule has 1 unspecified atom stereocenters. The van der Waals surface area contributed by atoms with Gasteiger partial charge in [0.25, 0.3) is 0 Å². The molecule has 4 heteroatoms. The van der Waals surface area contributed by atoms with Gasteiger partial charge in [-0.3, -0.25) is 0 Å². The van der Waals surface area contributed by atoms with E-state index >= 15 is 0 Å². The molecule has 4 N–H and O–H groups in total. The van der Waals surface area contributed by atoms with Gasteiger partial charge in [-0.15, -0.1) is 0 Å². The third kappa shape index (κ3) is 4.46. The third-order valence-corrected chi connectivity index (χ3v) is 2.20. The first-order chi connectivity index (χ1) is 7.20. The highest BCUT2D eigenvalue weighted by Crippen LogP contribution is 2.14. The van der Waals surface area contributed by atoms with E-state index in [1.165, 1.54) is 0 Å². The number of nitrogens with one attached hydrogen (secondary N) is 1. The fourth-order valence-electron chi connectivity index (χ4n) is 1.38. The highest BCUT2D eigenvalue weighted by molar-refractivity contribution is 5.64. The molecule has 15 heavy (non-hydrogen) atoms. The van der Waals surface area contributed by atoms with Gasteiger partial charge in [0.2, 0.25) is 0 Å². The van der Waals surface area contributed by atoms with E-state index in [1.807, 2.05) is 30.3 Å². The molecule has 0 aliphatic rings. The SMILES string of the molecule is NC(CCCNC(=O)O)c1ccccc1. The second kappa shape index (κ2) is 6.03. The molecule has 1 aromatic carbocycles. The first kappa shape index (κ1) is 11.5. The molecule has 82 valence electrons. The molecule has 1 rings (SSSR count). The largest absolute Gasteiger partial charge is 0.465 e. The minimum Gasteiger partial charge on any atom is -0.465 e. The zero-order valence-corrected chi connectivity index (χ0v) is 8.52. The van der Waals surface area contributed by atoms with Gasteiger partial charge in [0.05, 0.1) is 0 Å². The average molecular weight is 208 g/mol. The van der Waals surface area contributed by atoms with Crippen molar-refractivity contribution in [3.63, 3.8) is 0 Å². The maximum Gasteiger partial charge on any atom is 0.404 e. The van der Waals surface area contributed by atoms with Crippen molar-refractivity contribution in [3.8, 4) is 0 Å². The van der Waals surface area contributed by atoms with E-state index in [9.17, 15) is 4.79 Å². The van der Waals surface area contributed by atoms with Crippen LogP contribution in [0.5, 0.6) is 0 Å². The number of benzene rings is 1. The number of rotatable bonds is 5. The van der Waals surface area contributed by atoms with Crippen molar-refractivity contribution in [3.05, 3.63) is 35.9 Å². The van der Waals surface area contributed by atoms with Gasteiger partial charge in [0.15, 0.2) is 0 Å². The van der Waals surface area contributed by atoms with E-state index in [0.717, 1.165) is 18.4 Å². The van der Waals surface area contributed by atoms with Crippen LogP contribution in [0.1, 0.15) is 24.4 Å². The van der Waals surface area contributed by atoms with Gasteiger partial charge in [0.1, 0.15) is 0 Å². The highest BCUT2D eigenvalue weighted by Gasteiger charge is 2.04. The molecular formula is C11H16N2O2. The van der Waals surface area contributed by atoms with Gasteiger partial charge >= 0.3 is 6.09 Å². The molecule has 0 aliphatic carbocycles. The molecular weight excluding hydrogens is 192 g/mol. The fourth-order valence-corrected chi connectivity index (χ4v) is 1.38. The molecule has 0 bridgehead atoms. The molecule has 0 aromatic heterocycles. The first-order valence-corrected chi connectivity index (χ1v) is 4.97.